The first-order valence-corrected chi connectivity index (χ1v) is 8.77. The highest BCUT2D eigenvalue weighted by Crippen LogP contribution is 2.62. The lowest BCUT2D eigenvalue weighted by molar-refractivity contribution is 0.141. The van der Waals surface area contributed by atoms with E-state index in [-0.39, 0.29) is 0 Å². The predicted octanol–water partition coefficient (Wildman–Crippen LogP) is 6.29. The van der Waals surface area contributed by atoms with Crippen molar-refractivity contribution >= 4 is 11.8 Å². The van der Waals surface area contributed by atoms with Crippen molar-refractivity contribution in [1.29, 1.82) is 0 Å². The molecule has 0 nitrogen and oxygen atoms in total. The molecule has 0 aromatic heterocycles. The zero-order valence-electron chi connectivity index (χ0n) is 13.0. The molecule has 2 aliphatic carbocycles. The normalized spacial score (nSPS) is 32.4. The second-order valence-electron chi connectivity index (χ2n) is 7.48. The summed E-state index contributed by atoms with van der Waals surface area (Å²) in [4.78, 5) is 3.04. The number of thioether (sulfide) groups is 1. The Morgan fingerprint density at radius 1 is 1.15 bits per heavy atom. The van der Waals surface area contributed by atoms with Crippen LogP contribution in [-0.2, 0) is 0 Å². The zero-order valence-corrected chi connectivity index (χ0v) is 13.8. The molecule has 1 aromatic rings. The van der Waals surface area contributed by atoms with Crippen LogP contribution < -0.4 is 0 Å². The van der Waals surface area contributed by atoms with Crippen LogP contribution in [0.4, 0.5) is 0 Å². The summed E-state index contributed by atoms with van der Waals surface area (Å²) < 4.78 is 0. The molecule has 2 unspecified atom stereocenters. The van der Waals surface area contributed by atoms with Crippen molar-refractivity contribution in [3.05, 3.63) is 41.3 Å². The Morgan fingerprint density at radius 2 is 1.90 bits per heavy atom. The number of rotatable bonds is 2. The molecule has 0 heterocycles. The van der Waals surface area contributed by atoms with E-state index < -0.39 is 0 Å². The van der Waals surface area contributed by atoms with Crippen molar-refractivity contribution in [3.63, 3.8) is 0 Å². The first-order chi connectivity index (χ1) is 9.52. The summed E-state index contributed by atoms with van der Waals surface area (Å²) in [7, 11) is 0. The Morgan fingerprint density at radius 3 is 2.55 bits per heavy atom. The fourth-order valence-corrected chi connectivity index (χ4v) is 5.36. The average molecular weight is 286 g/mol. The van der Waals surface area contributed by atoms with Gasteiger partial charge in [-0.25, -0.2) is 0 Å². The molecule has 1 spiro atoms. The van der Waals surface area contributed by atoms with Gasteiger partial charge in [0.05, 0.1) is 0 Å². The van der Waals surface area contributed by atoms with Crippen molar-refractivity contribution in [2.45, 2.75) is 57.8 Å². The van der Waals surface area contributed by atoms with Crippen molar-refractivity contribution < 1.29 is 0 Å². The molecule has 20 heavy (non-hydrogen) atoms. The van der Waals surface area contributed by atoms with Gasteiger partial charge >= 0.3 is 0 Å². The van der Waals surface area contributed by atoms with E-state index in [2.05, 4.69) is 57.2 Å². The van der Waals surface area contributed by atoms with Crippen LogP contribution in [0.3, 0.4) is 0 Å². The summed E-state index contributed by atoms with van der Waals surface area (Å²) >= 11 is 2.01. The van der Waals surface area contributed by atoms with Crippen LogP contribution in [-0.4, -0.2) is 0 Å². The molecule has 0 radical (unpaired) electrons. The predicted molar refractivity (Wildman–Crippen MR) is 88.8 cm³/mol. The molecular weight excluding hydrogens is 260 g/mol. The second kappa shape index (κ2) is 5.26. The minimum atomic E-state index is 0.473. The third-order valence-electron chi connectivity index (χ3n) is 5.34. The van der Waals surface area contributed by atoms with Gasteiger partial charge in [0.15, 0.2) is 0 Å². The van der Waals surface area contributed by atoms with Gasteiger partial charge in [-0.1, -0.05) is 63.2 Å². The van der Waals surface area contributed by atoms with Crippen LogP contribution in [0.1, 0.15) is 52.9 Å². The maximum Gasteiger partial charge on any atom is 0.0119 e. The third kappa shape index (κ3) is 2.57. The van der Waals surface area contributed by atoms with Gasteiger partial charge in [-0.2, -0.15) is 0 Å². The molecule has 0 saturated heterocycles. The second-order valence-corrected chi connectivity index (χ2v) is 8.59. The summed E-state index contributed by atoms with van der Waals surface area (Å²) in [6.45, 7) is 7.42. The molecule has 108 valence electrons. The van der Waals surface area contributed by atoms with E-state index in [4.69, 9.17) is 0 Å². The van der Waals surface area contributed by atoms with Crippen LogP contribution in [0.15, 0.2) is 46.2 Å². The van der Waals surface area contributed by atoms with Crippen LogP contribution in [0.25, 0.3) is 0 Å². The van der Waals surface area contributed by atoms with E-state index in [9.17, 15) is 0 Å². The largest absolute Gasteiger partial charge is 0.0943 e. The molecule has 0 amide bonds. The molecule has 2 aliphatic rings. The van der Waals surface area contributed by atoms with Crippen LogP contribution in [0.5, 0.6) is 0 Å². The topological polar surface area (TPSA) is 0 Å². The van der Waals surface area contributed by atoms with Crippen molar-refractivity contribution in [3.8, 4) is 0 Å². The van der Waals surface area contributed by atoms with E-state index in [1.807, 2.05) is 11.8 Å². The van der Waals surface area contributed by atoms with E-state index in [1.165, 1.54) is 37.0 Å². The van der Waals surface area contributed by atoms with E-state index >= 15 is 0 Å². The summed E-state index contributed by atoms with van der Waals surface area (Å²) in [6.07, 6.45) is 9.34. The molecule has 0 bridgehead atoms. The van der Waals surface area contributed by atoms with E-state index in [1.54, 1.807) is 4.91 Å². The fourth-order valence-electron chi connectivity index (χ4n) is 4.09. The van der Waals surface area contributed by atoms with Gasteiger partial charge in [-0.05, 0) is 54.1 Å². The minimum Gasteiger partial charge on any atom is -0.0943 e. The van der Waals surface area contributed by atoms with Gasteiger partial charge in [0.2, 0.25) is 0 Å². The molecule has 1 fully saturated rings. The minimum absolute atomic E-state index is 0.473. The highest BCUT2D eigenvalue weighted by Gasteiger charge is 2.48. The number of allylic oxidation sites excluding steroid dienone is 2. The van der Waals surface area contributed by atoms with Crippen LogP contribution in [0, 0.1) is 16.7 Å². The summed E-state index contributed by atoms with van der Waals surface area (Å²) in [5.74, 6) is 0.834. The van der Waals surface area contributed by atoms with Gasteiger partial charge in [0, 0.05) is 10.3 Å². The number of benzene rings is 1. The molecule has 1 heteroatoms. The standard InChI is InChI=1S/C19H26S/c1-15-8-7-12-18(2,3)14-19(15)13-11-17(19)20-16-9-5-4-6-10-16/h4-6,9-11,15H,7-8,12-14H2,1-3H3. The lowest BCUT2D eigenvalue weighted by atomic mass is 9.61. The van der Waals surface area contributed by atoms with E-state index in [0.29, 0.717) is 10.8 Å². The lowest BCUT2D eigenvalue weighted by Crippen LogP contribution is -2.37. The maximum atomic E-state index is 2.49. The summed E-state index contributed by atoms with van der Waals surface area (Å²) in [5, 5.41) is 0. The highest BCUT2D eigenvalue weighted by molar-refractivity contribution is 8.03. The van der Waals surface area contributed by atoms with Gasteiger partial charge in [-0.15, -0.1) is 0 Å². The Balaban J connectivity index is 1.83. The molecule has 2 atom stereocenters. The average Bonchev–Trinajstić information content (AvgIpc) is 2.54. The fraction of sp³-hybridized carbons (Fsp3) is 0.579. The van der Waals surface area contributed by atoms with Crippen molar-refractivity contribution in [2.75, 3.05) is 0 Å². The number of hydrogen-bond donors (Lipinski definition) is 0. The van der Waals surface area contributed by atoms with Crippen molar-refractivity contribution in [1.82, 2.24) is 0 Å². The highest BCUT2D eigenvalue weighted by atomic mass is 32.2. The maximum absolute atomic E-state index is 2.49. The SMILES string of the molecule is CC1CCCC(C)(C)CC12CC=C2Sc1ccccc1. The lowest BCUT2D eigenvalue weighted by Gasteiger charge is -2.48. The van der Waals surface area contributed by atoms with Gasteiger partial charge in [0.1, 0.15) is 0 Å². The molecule has 1 saturated carbocycles. The Hall–Kier alpha value is -0.690. The molecule has 0 aliphatic heterocycles. The molecule has 1 aromatic carbocycles. The molecule has 0 N–H and O–H groups in total. The van der Waals surface area contributed by atoms with Crippen LogP contribution >= 0.6 is 11.8 Å². The van der Waals surface area contributed by atoms with Gasteiger partial charge in [-0.3, -0.25) is 0 Å². The first-order valence-electron chi connectivity index (χ1n) is 7.95. The first kappa shape index (κ1) is 14.3. The smallest absolute Gasteiger partial charge is 0.0119 e. The monoisotopic (exact) mass is 286 g/mol. The van der Waals surface area contributed by atoms with Crippen molar-refractivity contribution in [2.24, 2.45) is 16.7 Å². The summed E-state index contributed by atoms with van der Waals surface area (Å²) in [6, 6.07) is 10.9. The molecule has 3 rings (SSSR count). The quantitative estimate of drug-likeness (QED) is 0.615. The summed E-state index contributed by atoms with van der Waals surface area (Å²) in [5.41, 5.74) is 0.974. The van der Waals surface area contributed by atoms with Crippen LogP contribution in [0.2, 0.25) is 0 Å². The van der Waals surface area contributed by atoms with Gasteiger partial charge in [0.25, 0.3) is 0 Å². The third-order valence-corrected chi connectivity index (χ3v) is 6.64. The number of hydrogen-bond acceptors (Lipinski definition) is 1. The Bertz CT molecular complexity index is 500. The van der Waals surface area contributed by atoms with E-state index in [0.717, 1.165) is 5.92 Å². The van der Waals surface area contributed by atoms with Gasteiger partial charge < -0.3 is 0 Å². The Kier molecular flexibility index (Phi) is 3.75. The Labute approximate surface area is 128 Å². The molecular formula is C19H26S. The zero-order chi connectivity index (χ0) is 14.2.